The van der Waals surface area contributed by atoms with Crippen molar-refractivity contribution < 1.29 is 24.5 Å². The van der Waals surface area contributed by atoms with Gasteiger partial charge < -0.3 is 24.7 Å². The zero-order valence-electron chi connectivity index (χ0n) is 30.9. The zero-order valence-corrected chi connectivity index (χ0v) is 32.4. The molecule has 1 fully saturated rings. The van der Waals surface area contributed by atoms with E-state index in [1.54, 1.807) is 16.0 Å². The van der Waals surface area contributed by atoms with Crippen molar-refractivity contribution in [1.29, 1.82) is 0 Å². The Labute approximate surface area is 316 Å². The van der Waals surface area contributed by atoms with E-state index in [1.165, 1.54) is 4.90 Å². The molecule has 0 radical (unpaired) electrons. The molecular weight excluding hydrogens is 703 g/mol. The highest BCUT2D eigenvalue weighted by molar-refractivity contribution is 6.30. The minimum absolute atomic E-state index is 0.124. The predicted octanol–water partition coefficient (Wildman–Crippen LogP) is 5.53. The van der Waals surface area contributed by atoms with Crippen LogP contribution in [0.15, 0.2) is 65.8 Å². The number of nitrogens with zero attached hydrogens (tertiary/aromatic N) is 6. The number of piperazine rings is 1. The van der Waals surface area contributed by atoms with Crippen LogP contribution in [0.4, 0.5) is 4.79 Å². The average Bonchev–Trinajstić information content (AvgIpc) is 3.36. The molecule has 13 heteroatoms. The molecule has 1 aromatic heterocycles. The van der Waals surface area contributed by atoms with Crippen LogP contribution in [0.5, 0.6) is 5.75 Å². The number of amides is 3. The SMILES string of the molecule is CCOc1cc(C(C)(C)C)ncc1C1=NC(C)(c2ccc(Cl)cc2)C(C)(c2ccc(Cl)cc2)N1C(=O)N1CCN(CC(=O)N(CCO)CCO)CC1. The maximum atomic E-state index is 15.2. The summed E-state index contributed by atoms with van der Waals surface area (Å²) in [5.74, 6) is 0.828. The number of aliphatic hydroxyl groups is 2. The number of rotatable bonds is 11. The van der Waals surface area contributed by atoms with Crippen molar-refractivity contribution in [3.63, 3.8) is 0 Å². The summed E-state index contributed by atoms with van der Waals surface area (Å²) >= 11 is 12.8. The van der Waals surface area contributed by atoms with Gasteiger partial charge in [0.25, 0.3) is 0 Å². The molecule has 1 saturated heterocycles. The van der Waals surface area contributed by atoms with E-state index < -0.39 is 11.1 Å². The van der Waals surface area contributed by atoms with E-state index in [9.17, 15) is 15.0 Å². The molecule has 0 saturated carbocycles. The Kier molecular flexibility index (Phi) is 12.2. The van der Waals surface area contributed by atoms with E-state index in [1.807, 2.05) is 80.3 Å². The summed E-state index contributed by atoms with van der Waals surface area (Å²) < 4.78 is 6.26. The smallest absolute Gasteiger partial charge is 0.326 e. The number of urea groups is 1. The maximum absolute atomic E-state index is 15.2. The lowest BCUT2D eigenvalue weighted by molar-refractivity contribution is -0.133. The molecule has 3 amide bonds. The zero-order chi connectivity index (χ0) is 37.8. The van der Waals surface area contributed by atoms with Crippen LogP contribution in [0.3, 0.4) is 0 Å². The summed E-state index contributed by atoms with van der Waals surface area (Å²) in [5, 5.41) is 20.0. The molecule has 0 spiro atoms. The van der Waals surface area contributed by atoms with E-state index in [2.05, 4.69) is 20.8 Å². The van der Waals surface area contributed by atoms with Crippen LogP contribution in [0.2, 0.25) is 10.0 Å². The van der Waals surface area contributed by atoms with Gasteiger partial charge in [-0.1, -0.05) is 68.2 Å². The third kappa shape index (κ3) is 7.79. The van der Waals surface area contributed by atoms with Crippen LogP contribution in [0, 0.1) is 0 Å². The van der Waals surface area contributed by atoms with Gasteiger partial charge in [0.1, 0.15) is 22.7 Å². The monoisotopic (exact) mass is 752 g/mol. The maximum Gasteiger partial charge on any atom is 0.326 e. The lowest BCUT2D eigenvalue weighted by Gasteiger charge is -2.47. The quantitative estimate of drug-likeness (QED) is 0.264. The lowest BCUT2D eigenvalue weighted by Crippen LogP contribution is -2.61. The van der Waals surface area contributed by atoms with Gasteiger partial charge in [-0.3, -0.25) is 24.6 Å². The highest BCUT2D eigenvalue weighted by Crippen LogP contribution is 2.54. The fraction of sp³-hybridized carbons (Fsp3) is 0.487. The number of amidine groups is 1. The van der Waals surface area contributed by atoms with Crippen LogP contribution in [-0.2, 0) is 21.3 Å². The molecule has 2 aromatic carbocycles. The Hall–Kier alpha value is -3.74. The number of hydrogen-bond donors (Lipinski definition) is 2. The first-order valence-electron chi connectivity index (χ1n) is 17.7. The first-order valence-corrected chi connectivity index (χ1v) is 18.5. The Morgan fingerprint density at radius 3 is 1.98 bits per heavy atom. The van der Waals surface area contributed by atoms with Gasteiger partial charge in [-0.05, 0) is 56.2 Å². The third-order valence-corrected chi connectivity index (χ3v) is 10.7. The summed E-state index contributed by atoms with van der Waals surface area (Å²) in [7, 11) is 0. The lowest BCUT2D eigenvalue weighted by atomic mass is 9.71. The summed E-state index contributed by atoms with van der Waals surface area (Å²) in [4.78, 5) is 45.6. The number of hydrogen-bond acceptors (Lipinski definition) is 8. The van der Waals surface area contributed by atoms with Gasteiger partial charge in [-0.15, -0.1) is 0 Å². The number of aliphatic hydroxyl groups excluding tert-OH is 2. The van der Waals surface area contributed by atoms with Gasteiger partial charge in [0.05, 0.1) is 31.9 Å². The molecular formula is C39H50Cl2N6O5. The van der Waals surface area contributed by atoms with Crippen LogP contribution in [0.25, 0.3) is 0 Å². The number of halogens is 2. The minimum atomic E-state index is -1.08. The molecule has 3 heterocycles. The van der Waals surface area contributed by atoms with Crippen molar-refractivity contribution in [2.75, 3.05) is 65.6 Å². The second-order valence-electron chi connectivity index (χ2n) is 14.6. The summed E-state index contributed by atoms with van der Waals surface area (Å²) in [6, 6.07) is 16.8. The van der Waals surface area contributed by atoms with Crippen molar-refractivity contribution in [1.82, 2.24) is 24.6 Å². The Bertz CT molecular complexity index is 1750. The summed E-state index contributed by atoms with van der Waals surface area (Å²) in [6.45, 7) is 14.4. The number of carbonyl (C=O) groups excluding carboxylic acids is 2. The van der Waals surface area contributed by atoms with Crippen LogP contribution >= 0.6 is 23.2 Å². The van der Waals surface area contributed by atoms with Crippen molar-refractivity contribution in [3.8, 4) is 5.75 Å². The van der Waals surface area contributed by atoms with E-state index >= 15 is 4.79 Å². The van der Waals surface area contributed by atoms with Crippen molar-refractivity contribution in [2.24, 2.45) is 4.99 Å². The third-order valence-electron chi connectivity index (χ3n) is 10.2. The molecule has 0 bridgehead atoms. The predicted molar refractivity (Wildman–Crippen MR) is 204 cm³/mol. The largest absolute Gasteiger partial charge is 0.493 e. The molecule has 52 heavy (non-hydrogen) atoms. The van der Waals surface area contributed by atoms with Crippen LogP contribution in [-0.4, -0.2) is 118 Å². The van der Waals surface area contributed by atoms with Gasteiger partial charge in [0, 0.05) is 72.7 Å². The fourth-order valence-electron chi connectivity index (χ4n) is 6.99. The molecule has 2 aliphatic rings. The fourth-order valence-corrected chi connectivity index (χ4v) is 7.24. The van der Waals surface area contributed by atoms with Gasteiger partial charge in [0.2, 0.25) is 5.91 Å². The second kappa shape index (κ2) is 16.1. The summed E-state index contributed by atoms with van der Waals surface area (Å²) in [6.07, 6.45) is 1.76. The first kappa shape index (κ1) is 39.5. The molecule has 280 valence electrons. The highest BCUT2D eigenvalue weighted by Gasteiger charge is 2.60. The molecule has 11 nitrogen and oxygen atoms in total. The Balaban J connectivity index is 1.61. The van der Waals surface area contributed by atoms with Gasteiger partial charge in [-0.25, -0.2) is 4.79 Å². The topological polar surface area (TPSA) is 122 Å². The van der Waals surface area contributed by atoms with Crippen LogP contribution < -0.4 is 4.74 Å². The molecule has 3 aromatic rings. The number of aliphatic imine (C=N–C) groups is 1. The van der Waals surface area contributed by atoms with Crippen molar-refractivity contribution in [2.45, 2.75) is 58.0 Å². The summed E-state index contributed by atoms with van der Waals surface area (Å²) in [5.41, 5.74) is 0.791. The molecule has 2 unspecified atom stereocenters. The number of carbonyl (C=O) groups is 2. The van der Waals surface area contributed by atoms with E-state index in [0.29, 0.717) is 60.0 Å². The molecule has 0 aliphatic carbocycles. The second-order valence-corrected chi connectivity index (χ2v) is 15.4. The van der Waals surface area contributed by atoms with Gasteiger partial charge in [-0.2, -0.15) is 0 Å². The van der Waals surface area contributed by atoms with Crippen LogP contribution in [0.1, 0.15) is 63.9 Å². The van der Waals surface area contributed by atoms with E-state index in [4.69, 9.17) is 37.9 Å². The Morgan fingerprint density at radius 2 is 1.46 bits per heavy atom. The minimum Gasteiger partial charge on any atom is -0.493 e. The molecule has 2 aliphatic heterocycles. The number of aromatic nitrogens is 1. The number of pyridine rings is 1. The van der Waals surface area contributed by atoms with E-state index in [-0.39, 0.29) is 50.2 Å². The number of benzene rings is 2. The normalized spacial score (nSPS) is 20.9. The first-order chi connectivity index (χ1) is 24.7. The molecule has 2 N–H and O–H groups in total. The van der Waals surface area contributed by atoms with Gasteiger partial charge >= 0.3 is 6.03 Å². The Morgan fingerprint density at radius 1 is 0.904 bits per heavy atom. The molecule has 2 atom stereocenters. The highest BCUT2D eigenvalue weighted by atomic mass is 35.5. The molecule has 5 rings (SSSR count). The standard InChI is InChI=1S/C39H50Cl2N6O5/c1-7-52-32-24-33(37(2,3)4)42-25-31(32)35-43-38(5,27-8-12-29(40)13-9-27)39(6,28-10-14-30(41)15-11-28)47(35)36(51)46-18-16-44(17-19-46)26-34(50)45(20-22-48)21-23-49/h8-15,24-25,48-49H,7,16-23,26H2,1-6H3. The van der Waals surface area contributed by atoms with E-state index in [0.717, 1.165) is 16.8 Å². The van der Waals surface area contributed by atoms with Crippen molar-refractivity contribution >= 4 is 41.0 Å². The average molecular weight is 754 g/mol. The number of ether oxygens (including phenoxy) is 1. The van der Waals surface area contributed by atoms with Crippen molar-refractivity contribution in [3.05, 3.63) is 93.2 Å². The van der Waals surface area contributed by atoms with Gasteiger partial charge in [0.15, 0.2) is 0 Å².